The molecule has 0 saturated heterocycles. The van der Waals surface area contributed by atoms with E-state index in [2.05, 4.69) is 50.1 Å². The second-order valence-corrected chi connectivity index (χ2v) is 8.29. The van der Waals surface area contributed by atoms with E-state index in [1.54, 1.807) is 12.2 Å². The Labute approximate surface area is 167 Å². The molecule has 3 atom stereocenters. The summed E-state index contributed by atoms with van der Waals surface area (Å²) in [6.45, 7) is 6.40. The van der Waals surface area contributed by atoms with Crippen molar-refractivity contribution in [3.8, 4) is 0 Å². The Morgan fingerprint density at radius 2 is 2.11 bits per heavy atom. The molecule has 3 unspecified atom stereocenters. The number of allylic oxidation sites excluding steroid dienone is 1. The summed E-state index contributed by atoms with van der Waals surface area (Å²) in [7, 11) is 8.09. The molecule has 3 aliphatic rings. The first kappa shape index (κ1) is 19.0. The number of hydrogen-bond donors (Lipinski definition) is 0. The van der Waals surface area contributed by atoms with Gasteiger partial charge in [-0.3, -0.25) is 10.1 Å². The third kappa shape index (κ3) is 2.37. The highest BCUT2D eigenvalue weighted by Gasteiger charge is 2.59. The molecule has 1 aliphatic carbocycles. The van der Waals surface area contributed by atoms with Crippen LogP contribution in [0.5, 0.6) is 0 Å². The number of fused-ring (bicyclic) bond motifs is 2. The summed E-state index contributed by atoms with van der Waals surface area (Å²) >= 11 is 0. The average molecular weight is 376 g/mol. The van der Waals surface area contributed by atoms with E-state index >= 15 is 0 Å². The van der Waals surface area contributed by atoms with Gasteiger partial charge in [0.2, 0.25) is 0 Å². The predicted molar refractivity (Wildman–Crippen MR) is 111 cm³/mol. The zero-order valence-corrected chi connectivity index (χ0v) is 16.8. The summed E-state index contributed by atoms with van der Waals surface area (Å²) in [6, 6.07) is 6.22. The van der Waals surface area contributed by atoms with Crippen LogP contribution >= 0.6 is 0 Å². The van der Waals surface area contributed by atoms with Gasteiger partial charge in [0.15, 0.2) is 5.72 Å². The van der Waals surface area contributed by atoms with E-state index in [4.69, 9.17) is 12.6 Å². The lowest BCUT2D eigenvalue weighted by molar-refractivity contribution is -0.420. The van der Waals surface area contributed by atoms with Gasteiger partial charge in [0.05, 0.1) is 18.9 Å². The molecule has 0 bridgehead atoms. The molecule has 2 aliphatic heterocycles. The molecule has 2 heterocycles. The van der Waals surface area contributed by atoms with Crippen molar-refractivity contribution >= 4 is 13.5 Å². The largest absolute Gasteiger partial charge is 0.342 e. The van der Waals surface area contributed by atoms with Crippen LogP contribution in [0.4, 0.5) is 5.69 Å². The number of anilines is 1. The SMILES string of the molecule is [B]Cc1cccc2c1C(C)(C)C1(C=CC3C=C([N+](=O)[O-])C=C(CC)C3O1)N2C. The number of rotatable bonds is 3. The minimum atomic E-state index is -0.671. The second-order valence-electron chi connectivity index (χ2n) is 8.29. The Bertz CT molecular complexity index is 934. The number of ether oxygens (including phenoxy) is 1. The van der Waals surface area contributed by atoms with E-state index in [-0.39, 0.29) is 28.1 Å². The van der Waals surface area contributed by atoms with E-state index in [1.807, 2.05) is 13.0 Å². The maximum atomic E-state index is 11.3. The van der Waals surface area contributed by atoms with Crippen LogP contribution < -0.4 is 4.90 Å². The van der Waals surface area contributed by atoms with Gasteiger partial charge in [-0.05, 0) is 29.7 Å². The van der Waals surface area contributed by atoms with Crippen molar-refractivity contribution in [1.29, 1.82) is 0 Å². The Morgan fingerprint density at radius 1 is 1.36 bits per heavy atom. The fourth-order valence-electron chi connectivity index (χ4n) is 5.14. The van der Waals surface area contributed by atoms with Gasteiger partial charge < -0.3 is 9.64 Å². The minimum Gasteiger partial charge on any atom is -0.342 e. The van der Waals surface area contributed by atoms with Crippen LogP contribution in [-0.2, 0) is 16.5 Å². The quantitative estimate of drug-likeness (QED) is 0.348. The van der Waals surface area contributed by atoms with Gasteiger partial charge in [0.25, 0.3) is 5.70 Å². The zero-order valence-electron chi connectivity index (χ0n) is 16.8. The first-order chi connectivity index (χ1) is 13.3. The summed E-state index contributed by atoms with van der Waals surface area (Å²) < 4.78 is 6.84. The number of benzene rings is 1. The molecule has 28 heavy (non-hydrogen) atoms. The Kier molecular flexibility index (Phi) is 4.30. The first-order valence-corrected chi connectivity index (χ1v) is 9.77. The lowest BCUT2D eigenvalue weighted by Crippen LogP contribution is -2.59. The molecule has 0 aromatic heterocycles. The first-order valence-electron chi connectivity index (χ1n) is 9.77. The molecule has 1 aromatic carbocycles. The van der Waals surface area contributed by atoms with Crippen molar-refractivity contribution in [2.75, 3.05) is 11.9 Å². The van der Waals surface area contributed by atoms with Crippen molar-refractivity contribution in [1.82, 2.24) is 0 Å². The lowest BCUT2D eigenvalue weighted by atomic mass is 9.72. The molecule has 2 radical (unpaired) electrons. The smallest absolute Gasteiger partial charge is 0.266 e. The fraction of sp³-hybridized carbons (Fsp3) is 0.455. The van der Waals surface area contributed by atoms with Gasteiger partial charge in [0, 0.05) is 36.2 Å². The van der Waals surface area contributed by atoms with Crippen molar-refractivity contribution in [2.24, 2.45) is 5.92 Å². The lowest BCUT2D eigenvalue weighted by Gasteiger charge is -2.50. The normalized spacial score (nSPS) is 29.9. The molecule has 144 valence electrons. The van der Waals surface area contributed by atoms with Crippen LogP contribution in [0.1, 0.15) is 38.3 Å². The van der Waals surface area contributed by atoms with Crippen LogP contribution in [0, 0.1) is 16.0 Å². The summed E-state index contributed by atoms with van der Waals surface area (Å²) in [4.78, 5) is 13.2. The molecule has 0 saturated carbocycles. The second kappa shape index (κ2) is 6.34. The average Bonchev–Trinajstić information content (AvgIpc) is 2.85. The van der Waals surface area contributed by atoms with Gasteiger partial charge in [0.1, 0.15) is 0 Å². The van der Waals surface area contributed by atoms with E-state index in [9.17, 15) is 10.1 Å². The maximum absolute atomic E-state index is 11.3. The third-order valence-electron chi connectivity index (χ3n) is 6.61. The highest BCUT2D eigenvalue weighted by atomic mass is 16.6. The van der Waals surface area contributed by atoms with E-state index < -0.39 is 5.72 Å². The van der Waals surface area contributed by atoms with Gasteiger partial charge in [-0.15, -0.1) is 0 Å². The predicted octanol–water partition coefficient (Wildman–Crippen LogP) is 3.86. The van der Waals surface area contributed by atoms with Gasteiger partial charge in [-0.1, -0.05) is 50.9 Å². The van der Waals surface area contributed by atoms with Gasteiger partial charge in [-0.25, -0.2) is 0 Å². The summed E-state index contributed by atoms with van der Waals surface area (Å²) in [6.07, 6.45) is 8.51. The Morgan fingerprint density at radius 3 is 2.75 bits per heavy atom. The monoisotopic (exact) mass is 376 g/mol. The van der Waals surface area contributed by atoms with E-state index in [0.29, 0.717) is 12.7 Å². The van der Waals surface area contributed by atoms with Crippen LogP contribution in [0.25, 0.3) is 0 Å². The van der Waals surface area contributed by atoms with Crippen LogP contribution in [0.3, 0.4) is 0 Å². The molecule has 1 spiro atoms. The van der Waals surface area contributed by atoms with Crippen LogP contribution in [-0.4, -0.2) is 31.6 Å². The number of likely N-dealkylation sites (N-methyl/N-ethyl adjacent to an activating group) is 1. The van der Waals surface area contributed by atoms with Gasteiger partial charge >= 0.3 is 0 Å². The van der Waals surface area contributed by atoms with Crippen LogP contribution in [0.15, 0.2) is 53.8 Å². The van der Waals surface area contributed by atoms with Crippen molar-refractivity contribution < 1.29 is 9.66 Å². The Balaban J connectivity index is 1.84. The molecule has 1 aromatic rings. The summed E-state index contributed by atoms with van der Waals surface area (Å²) in [5.41, 5.74) is 3.56. The van der Waals surface area contributed by atoms with E-state index in [1.165, 1.54) is 5.56 Å². The fourth-order valence-corrected chi connectivity index (χ4v) is 5.14. The maximum Gasteiger partial charge on any atom is 0.266 e. The number of hydrogen-bond acceptors (Lipinski definition) is 4. The van der Waals surface area contributed by atoms with Crippen LogP contribution in [0.2, 0.25) is 0 Å². The molecule has 0 N–H and O–H groups in total. The van der Waals surface area contributed by atoms with Crippen molar-refractivity contribution in [3.63, 3.8) is 0 Å². The molecule has 0 fully saturated rings. The number of nitrogens with zero attached hydrogens (tertiary/aromatic N) is 2. The molecule has 4 rings (SSSR count). The molecule has 6 heteroatoms. The van der Waals surface area contributed by atoms with Gasteiger partial charge in [-0.2, -0.15) is 0 Å². The molecular weight excluding hydrogens is 351 g/mol. The van der Waals surface area contributed by atoms with E-state index in [0.717, 1.165) is 16.8 Å². The molecule has 5 nitrogen and oxygen atoms in total. The zero-order chi connectivity index (χ0) is 20.3. The standard InChI is InChI=1S/C22H25BN2O3/c1-5-14-11-17(25(26)27)12-15-9-10-22(28-20(14)15)21(2,3)19-16(13-23)7-6-8-18(19)24(22)4/h6-12,15,20H,5,13H2,1-4H3. The Hall–Kier alpha value is -2.34. The van der Waals surface area contributed by atoms with Crippen molar-refractivity contribution in [3.05, 3.63) is 75.0 Å². The topological polar surface area (TPSA) is 55.6 Å². The highest BCUT2D eigenvalue weighted by Crippen LogP contribution is 2.56. The molecular formula is C22H25BN2O3. The minimum absolute atomic E-state index is 0.132. The summed E-state index contributed by atoms with van der Waals surface area (Å²) in [5, 5.41) is 11.3. The number of nitro groups is 1. The summed E-state index contributed by atoms with van der Waals surface area (Å²) in [5.74, 6) is -0.132. The highest BCUT2D eigenvalue weighted by molar-refractivity contribution is 6.08. The third-order valence-corrected chi connectivity index (χ3v) is 6.61. The molecule has 0 amide bonds. The van der Waals surface area contributed by atoms with Crippen molar-refractivity contribution in [2.45, 2.75) is 50.8 Å².